The van der Waals surface area contributed by atoms with Crippen LogP contribution in [0.25, 0.3) is 0 Å². The molecule has 0 aromatic carbocycles. The van der Waals surface area contributed by atoms with Crippen LogP contribution in [0.1, 0.15) is 46.0 Å². The standard InChI is InChI=1S/C13H25NO3S3/c1-13(2,20)11(12(16)17)14-10(15)6-4-3-5-9(19)7-8-18/h9,11,18-20H,3-8H2,1-2H3,(H,14,15)(H,16,17). The van der Waals surface area contributed by atoms with Gasteiger partial charge >= 0.3 is 5.97 Å². The molecule has 0 heterocycles. The van der Waals surface area contributed by atoms with Gasteiger partial charge in [-0.1, -0.05) is 6.42 Å². The second-order valence-corrected chi connectivity index (χ2v) is 7.73. The fraction of sp³-hybridized carbons (Fsp3) is 0.846. The minimum atomic E-state index is -1.07. The second-order valence-electron chi connectivity index (χ2n) is 5.40. The molecule has 0 spiro atoms. The Labute approximate surface area is 137 Å². The molecule has 0 saturated carbocycles. The van der Waals surface area contributed by atoms with Crippen LogP contribution in [0.15, 0.2) is 0 Å². The Morgan fingerprint density at radius 2 is 1.85 bits per heavy atom. The van der Waals surface area contributed by atoms with Crippen molar-refractivity contribution in [1.29, 1.82) is 0 Å². The highest BCUT2D eigenvalue weighted by atomic mass is 32.1. The number of carbonyl (C=O) groups is 2. The summed E-state index contributed by atoms with van der Waals surface area (Å²) in [7, 11) is 0. The Morgan fingerprint density at radius 3 is 2.30 bits per heavy atom. The van der Waals surface area contributed by atoms with Gasteiger partial charge in [0, 0.05) is 16.4 Å². The number of hydrogen-bond donors (Lipinski definition) is 5. The van der Waals surface area contributed by atoms with E-state index in [1.54, 1.807) is 13.8 Å². The number of rotatable bonds is 10. The van der Waals surface area contributed by atoms with Crippen molar-refractivity contribution in [1.82, 2.24) is 5.32 Å². The third-order valence-electron chi connectivity index (χ3n) is 2.91. The molecule has 0 bridgehead atoms. The molecule has 20 heavy (non-hydrogen) atoms. The molecule has 1 amide bonds. The summed E-state index contributed by atoms with van der Waals surface area (Å²) in [5.41, 5.74) is 0. The Hall–Kier alpha value is -0.0100. The van der Waals surface area contributed by atoms with Gasteiger partial charge in [0.15, 0.2) is 0 Å². The van der Waals surface area contributed by atoms with E-state index in [1.807, 2.05) is 0 Å². The lowest BCUT2D eigenvalue weighted by Crippen LogP contribution is -2.51. The maximum Gasteiger partial charge on any atom is 0.327 e. The predicted octanol–water partition coefficient (Wildman–Crippen LogP) is 2.44. The first-order chi connectivity index (χ1) is 9.18. The number of carboxylic acids is 1. The van der Waals surface area contributed by atoms with E-state index in [0.29, 0.717) is 11.7 Å². The smallest absolute Gasteiger partial charge is 0.327 e. The van der Waals surface area contributed by atoms with E-state index in [1.165, 1.54) is 0 Å². The van der Waals surface area contributed by atoms with E-state index in [2.05, 4.69) is 43.2 Å². The van der Waals surface area contributed by atoms with Gasteiger partial charge < -0.3 is 10.4 Å². The molecule has 4 nitrogen and oxygen atoms in total. The van der Waals surface area contributed by atoms with E-state index in [4.69, 9.17) is 5.11 Å². The SMILES string of the molecule is CC(C)(S)C(NC(=O)CCCCC(S)CCS)C(=O)O. The minimum absolute atomic E-state index is 0.246. The normalized spacial score (nSPS) is 14.7. The third-order valence-corrected chi connectivity index (χ3v) is 3.95. The number of carbonyl (C=O) groups excluding carboxylic acids is 1. The highest BCUT2D eigenvalue weighted by molar-refractivity contribution is 7.82. The zero-order valence-electron chi connectivity index (χ0n) is 12.0. The molecule has 2 atom stereocenters. The van der Waals surface area contributed by atoms with Crippen molar-refractivity contribution in [3.05, 3.63) is 0 Å². The molecular weight excluding hydrogens is 314 g/mol. The van der Waals surface area contributed by atoms with E-state index < -0.39 is 16.8 Å². The summed E-state index contributed by atoms with van der Waals surface area (Å²) in [4.78, 5) is 22.8. The van der Waals surface area contributed by atoms with Gasteiger partial charge in [-0.25, -0.2) is 4.79 Å². The molecule has 0 saturated heterocycles. The summed E-state index contributed by atoms with van der Waals surface area (Å²) in [6, 6.07) is -0.986. The Bertz CT molecular complexity index is 318. The van der Waals surface area contributed by atoms with Crippen LogP contribution < -0.4 is 5.32 Å². The van der Waals surface area contributed by atoms with Gasteiger partial charge in [-0.2, -0.15) is 37.9 Å². The van der Waals surface area contributed by atoms with Crippen LogP contribution in [0, 0.1) is 0 Å². The molecular formula is C13H25NO3S3. The minimum Gasteiger partial charge on any atom is -0.480 e. The number of amides is 1. The van der Waals surface area contributed by atoms with E-state index in [9.17, 15) is 9.59 Å². The Balaban J connectivity index is 4.01. The number of nitrogens with one attached hydrogen (secondary N) is 1. The maximum atomic E-state index is 11.7. The molecule has 118 valence electrons. The molecule has 0 radical (unpaired) electrons. The van der Waals surface area contributed by atoms with Crippen LogP contribution in [0.5, 0.6) is 0 Å². The molecule has 0 aromatic rings. The van der Waals surface area contributed by atoms with Gasteiger partial charge in [0.1, 0.15) is 6.04 Å². The number of carboxylic acid groups (broad SMARTS) is 1. The Morgan fingerprint density at radius 1 is 1.25 bits per heavy atom. The number of hydrogen-bond acceptors (Lipinski definition) is 5. The van der Waals surface area contributed by atoms with Gasteiger partial charge in [0.2, 0.25) is 5.91 Å². The highest BCUT2D eigenvalue weighted by Gasteiger charge is 2.33. The fourth-order valence-electron chi connectivity index (χ4n) is 1.73. The molecule has 0 rings (SSSR count). The zero-order chi connectivity index (χ0) is 15.8. The number of unbranched alkanes of at least 4 members (excludes halogenated alkanes) is 1. The monoisotopic (exact) mass is 339 g/mol. The van der Waals surface area contributed by atoms with Crippen LogP contribution >= 0.6 is 37.9 Å². The summed E-state index contributed by atoms with van der Waals surface area (Å²) < 4.78 is -0.801. The summed E-state index contributed by atoms with van der Waals surface area (Å²) in [5.74, 6) is -0.501. The molecule has 0 fully saturated rings. The molecule has 0 aromatic heterocycles. The summed E-state index contributed by atoms with van der Waals surface area (Å²) in [6.07, 6.45) is 3.85. The van der Waals surface area contributed by atoms with Gasteiger partial charge in [-0.3, -0.25) is 4.79 Å². The van der Waals surface area contributed by atoms with Crippen molar-refractivity contribution in [3.8, 4) is 0 Å². The lowest BCUT2D eigenvalue weighted by atomic mass is 10.0. The quantitative estimate of drug-likeness (QED) is 0.314. The fourth-order valence-corrected chi connectivity index (χ4v) is 2.73. The first kappa shape index (κ1) is 20.0. The molecule has 0 aliphatic carbocycles. The molecule has 2 unspecified atom stereocenters. The average molecular weight is 340 g/mol. The van der Waals surface area contributed by atoms with Crippen LogP contribution in [-0.2, 0) is 9.59 Å². The first-order valence-electron chi connectivity index (χ1n) is 6.72. The largest absolute Gasteiger partial charge is 0.480 e. The Kier molecular flexibility index (Phi) is 9.84. The van der Waals surface area contributed by atoms with Crippen molar-refractivity contribution >= 4 is 49.8 Å². The van der Waals surface area contributed by atoms with Crippen molar-refractivity contribution in [3.63, 3.8) is 0 Å². The highest BCUT2D eigenvalue weighted by Crippen LogP contribution is 2.18. The third kappa shape index (κ3) is 9.02. The van der Waals surface area contributed by atoms with Crippen LogP contribution in [0.4, 0.5) is 0 Å². The first-order valence-corrected chi connectivity index (χ1v) is 8.31. The van der Waals surface area contributed by atoms with Gasteiger partial charge in [0.25, 0.3) is 0 Å². The van der Waals surface area contributed by atoms with Gasteiger partial charge in [-0.15, -0.1) is 0 Å². The van der Waals surface area contributed by atoms with Crippen molar-refractivity contribution in [2.45, 2.75) is 62.0 Å². The molecule has 7 heteroatoms. The maximum absolute atomic E-state index is 11.7. The summed E-state index contributed by atoms with van der Waals surface area (Å²) >= 11 is 12.8. The molecule has 2 N–H and O–H groups in total. The van der Waals surface area contributed by atoms with E-state index >= 15 is 0 Å². The van der Waals surface area contributed by atoms with E-state index in [0.717, 1.165) is 31.4 Å². The second kappa shape index (κ2) is 9.84. The average Bonchev–Trinajstić information content (AvgIpc) is 2.30. The predicted molar refractivity (Wildman–Crippen MR) is 92.3 cm³/mol. The lowest BCUT2D eigenvalue weighted by Gasteiger charge is -2.26. The zero-order valence-corrected chi connectivity index (χ0v) is 14.7. The molecule has 0 aliphatic rings. The van der Waals surface area contributed by atoms with Crippen LogP contribution in [0.3, 0.4) is 0 Å². The number of thiol groups is 3. The van der Waals surface area contributed by atoms with Crippen LogP contribution in [-0.4, -0.2) is 38.8 Å². The van der Waals surface area contributed by atoms with Gasteiger partial charge in [-0.05, 0) is 38.9 Å². The molecule has 0 aliphatic heterocycles. The summed E-state index contributed by atoms with van der Waals surface area (Å²) in [5, 5.41) is 11.9. The summed E-state index contributed by atoms with van der Waals surface area (Å²) in [6.45, 7) is 3.33. The van der Waals surface area contributed by atoms with Gasteiger partial charge in [0.05, 0.1) is 0 Å². The van der Waals surface area contributed by atoms with Crippen LogP contribution in [0.2, 0.25) is 0 Å². The lowest BCUT2D eigenvalue weighted by molar-refractivity contribution is -0.142. The van der Waals surface area contributed by atoms with Crippen molar-refractivity contribution in [2.24, 2.45) is 0 Å². The van der Waals surface area contributed by atoms with E-state index in [-0.39, 0.29) is 5.91 Å². The van der Waals surface area contributed by atoms with Crippen molar-refractivity contribution in [2.75, 3.05) is 5.75 Å². The topological polar surface area (TPSA) is 66.4 Å². The van der Waals surface area contributed by atoms with Crippen molar-refractivity contribution < 1.29 is 14.7 Å². The number of aliphatic carboxylic acids is 1.